The lowest BCUT2D eigenvalue weighted by atomic mass is 10.2. The minimum Gasteiger partial charge on any atom is -0.477 e. The van der Waals surface area contributed by atoms with Crippen molar-refractivity contribution in [3.05, 3.63) is 57.4 Å². The number of hydrogen-bond donors (Lipinski definition) is 2. The lowest BCUT2D eigenvalue weighted by Gasteiger charge is -1.94. The molecule has 0 saturated heterocycles. The molecule has 0 amide bonds. The fourth-order valence-electron chi connectivity index (χ4n) is 2.47. The molecule has 1 aromatic carbocycles. The van der Waals surface area contributed by atoms with Crippen molar-refractivity contribution in [1.29, 1.82) is 0 Å². The largest absolute Gasteiger partial charge is 0.477 e. The van der Waals surface area contributed by atoms with E-state index in [9.17, 15) is 4.79 Å². The third kappa shape index (κ3) is 2.51. The number of aromatic amines is 1. The molecule has 0 unspecified atom stereocenters. The molecule has 120 valence electrons. The molecule has 0 saturated carbocycles. The van der Waals surface area contributed by atoms with Crippen molar-refractivity contribution in [2.45, 2.75) is 0 Å². The van der Waals surface area contributed by atoms with Crippen LogP contribution in [0.2, 0.25) is 10.0 Å². The highest BCUT2D eigenvalue weighted by Gasteiger charge is 2.15. The summed E-state index contributed by atoms with van der Waals surface area (Å²) in [6, 6.07) is 12.4. The van der Waals surface area contributed by atoms with Gasteiger partial charge in [-0.05, 0) is 42.5 Å². The van der Waals surface area contributed by atoms with Crippen molar-refractivity contribution >= 4 is 51.5 Å². The van der Waals surface area contributed by atoms with Gasteiger partial charge in [-0.25, -0.2) is 4.79 Å². The number of rotatable bonds is 3. The molecule has 0 aliphatic rings. The maximum Gasteiger partial charge on any atom is 0.345 e. The molecule has 2 N–H and O–H groups in total. The van der Waals surface area contributed by atoms with E-state index in [1.54, 1.807) is 24.3 Å². The molecular formula is C17H9Cl2NO3S. The molecule has 7 heteroatoms. The summed E-state index contributed by atoms with van der Waals surface area (Å²) in [5.74, 6) is -0.319. The first-order chi connectivity index (χ1) is 11.5. The van der Waals surface area contributed by atoms with Gasteiger partial charge in [-0.15, -0.1) is 11.3 Å². The average molecular weight is 378 g/mol. The van der Waals surface area contributed by atoms with Gasteiger partial charge in [-0.1, -0.05) is 23.2 Å². The highest BCUT2D eigenvalue weighted by molar-refractivity contribution is 7.17. The molecule has 0 aliphatic carbocycles. The van der Waals surface area contributed by atoms with E-state index >= 15 is 0 Å². The summed E-state index contributed by atoms with van der Waals surface area (Å²) in [5.41, 5.74) is 2.12. The van der Waals surface area contributed by atoms with Crippen molar-refractivity contribution < 1.29 is 14.3 Å². The molecule has 0 radical (unpaired) electrons. The molecule has 24 heavy (non-hydrogen) atoms. The highest BCUT2D eigenvalue weighted by atomic mass is 35.5. The van der Waals surface area contributed by atoms with Crippen LogP contribution in [0.1, 0.15) is 9.67 Å². The molecule has 0 atom stereocenters. The second kappa shape index (κ2) is 5.70. The number of carboxylic acid groups (broad SMARTS) is 1. The number of nitrogens with one attached hydrogen (secondary N) is 1. The fourth-order valence-corrected chi connectivity index (χ4v) is 3.70. The van der Waals surface area contributed by atoms with E-state index in [4.69, 9.17) is 32.7 Å². The molecule has 3 aromatic heterocycles. The second-order valence-corrected chi connectivity index (χ2v) is 7.04. The Labute approximate surface area is 150 Å². The number of carbonyl (C=O) groups is 1. The minimum absolute atomic E-state index is 0.295. The number of aromatic carboxylic acids is 1. The number of furan rings is 1. The van der Waals surface area contributed by atoms with E-state index in [-0.39, 0.29) is 0 Å². The van der Waals surface area contributed by atoms with Gasteiger partial charge in [-0.3, -0.25) is 0 Å². The van der Waals surface area contributed by atoms with E-state index in [0.29, 0.717) is 26.3 Å². The summed E-state index contributed by atoms with van der Waals surface area (Å²) >= 11 is 13.5. The van der Waals surface area contributed by atoms with Crippen molar-refractivity contribution in [1.82, 2.24) is 4.98 Å². The first-order valence-corrected chi connectivity index (χ1v) is 8.50. The number of halogens is 2. The Morgan fingerprint density at radius 2 is 1.79 bits per heavy atom. The van der Waals surface area contributed by atoms with E-state index in [0.717, 1.165) is 21.7 Å². The summed E-state index contributed by atoms with van der Waals surface area (Å²) in [6.45, 7) is 0. The zero-order chi connectivity index (χ0) is 16.8. The summed E-state index contributed by atoms with van der Waals surface area (Å²) in [7, 11) is 0. The zero-order valence-corrected chi connectivity index (χ0v) is 14.3. The highest BCUT2D eigenvalue weighted by Crippen LogP contribution is 2.37. The van der Waals surface area contributed by atoms with E-state index in [2.05, 4.69) is 4.98 Å². The number of hydrogen-bond acceptors (Lipinski definition) is 3. The van der Waals surface area contributed by atoms with Gasteiger partial charge >= 0.3 is 5.97 Å². The van der Waals surface area contributed by atoms with E-state index in [1.165, 1.54) is 11.3 Å². The average Bonchev–Trinajstić information content (AvgIpc) is 3.28. The Kier molecular flexibility index (Phi) is 3.64. The predicted molar refractivity (Wildman–Crippen MR) is 96.3 cm³/mol. The maximum absolute atomic E-state index is 11.0. The van der Waals surface area contributed by atoms with Gasteiger partial charge in [0.25, 0.3) is 0 Å². The third-order valence-electron chi connectivity index (χ3n) is 3.62. The molecule has 0 spiro atoms. The molecule has 0 fully saturated rings. The number of H-pyrrole nitrogens is 1. The van der Waals surface area contributed by atoms with Crippen LogP contribution in [0.3, 0.4) is 0 Å². The molecule has 4 nitrogen and oxygen atoms in total. The summed E-state index contributed by atoms with van der Waals surface area (Å²) in [4.78, 5) is 15.4. The zero-order valence-electron chi connectivity index (χ0n) is 12.0. The van der Waals surface area contributed by atoms with Gasteiger partial charge in [0.1, 0.15) is 4.88 Å². The van der Waals surface area contributed by atoms with Crippen LogP contribution in [0, 0.1) is 0 Å². The molecule has 0 aliphatic heterocycles. The molecule has 3 heterocycles. The fraction of sp³-hybridized carbons (Fsp3) is 0. The van der Waals surface area contributed by atoms with Crippen LogP contribution in [-0.4, -0.2) is 16.1 Å². The van der Waals surface area contributed by atoms with Crippen LogP contribution in [-0.2, 0) is 0 Å². The first-order valence-electron chi connectivity index (χ1n) is 6.93. The quantitative estimate of drug-likeness (QED) is 0.449. The van der Waals surface area contributed by atoms with Crippen molar-refractivity contribution in [2.24, 2.45) is 0 Å². The lowest BCUT2D eigenvalue weighted by molar-refractivity contribution is 0.0702. The van der Waals surface area contributed by atoms with Crippen molar-refractivity contribution in [3.8, 4) is 22.0 Å². The van der Waals surface area contributed by atoms with Crippen LogP contribution in [0.25, 0.3) is 33.0 Å². The molecule has 4 rings (SSSR count). The number of benzene rings is 1. The smallest absolute Gasteiger partial charge is 0.345 e. The molecular weight excluding hydrogens is 369 g/mol. The molecule has 0 bridgehead atoms. The van der Waals surface area contributed by atoms with Crippen molar-refractivity contribution in [2.75, 3.05) is 0 Å². The van der Waals surface area contributed by atoms with Gasteiger partial charge < -0.3 is 14.5 Å². The number of aromatic nitrogens is 1. The Bertz CT molecular complexity index is 1040. The lowest BCUT2D eigenvalue weighted by Crippen LogP contribution is -1.89. The van der Waals surface area contributed by atoms with Crippen LogP contribution < -0.4 is 0 Å². The predicted octanol–water partition coefficient (Wildman–Crippen LogP) is 6.16. The van der Waals surface area contributed by atoms with Crippen molar-refractivity contribution in [3.63, 3.8) is 0 Å². The van der Waals surface area contributed by atoms with Gasteiger partial charge in [0.15, 0.2) is 11.3 Å². The normalized spacial score (nSPS) is 11.2. The van der Waals surface area contributed by atoms with E-state index in [1.807, 2.05) is 18.2 Å². The van der Waals surface area contributed by atoms with Gasteiger partial charge in [-0.2, -0.15) is 0 Å². The van der Waals surface area contributed by atoms with Gasteiger partial charge in [0.05, 0.1) is 26.3 Å². The second-order valence-electron chi connectivity index (χ2n) is 5.14. The Morgan fingerprint density at radius 3 is 2.50 bits per heavy atom. The number of carboxylic acids is 1. The topological polar surface area (TPSA) is 66.2 Å². The number of thiophene rings is 1. The standard InChI is InChI=1S/C17H9Cl2NO3S/c18-9-1-2-10(19)16-8(9)7-13(23-16)11-3-4-12(20-11)14-5-6-15(24-14)17(21)22/h1-7,20H,(H,21,22). The summed E-state index contributed by atoms with van der Waals surface area (Å²) in [5, 5.41) is 10.8. The maximum atomic E-state index is 11.0. The minimum atomic E-state index is -0.931. The monoisotopic (exact) mass is 377 g/mol. The summed E-state index contributed by atoms with van der Waals surface area (Å²) < 4.78 is 5.82. The Balaban J connectivity index is 1.76. The Morgan fingerprint density at radius 1 is 1.04 bits per heavy atom. The van der Waals surface area contributed by atoms with Gasteiger partial charge in [0, 0.05) is 5.39 Å². The van der Waals surface area contributed by atoms with Crippen LogP contribution in [0.5, 0.6) is 0 Å². The van der Waals surface area contributed by atoms with Gasteiger partial charge in [0.2, 0.25) is 0 Å². The molecule has 4 aromatic rings. The number of fused-ring (bicyclic) bond motifs is 1. The van der Waals surface area contributed by atoms with Crippen LogP contribution >= 0.6 is 34.5 Å². The Hall–Kier alpha value is -2.21. The van der Waals surface area contributed by atoms with E-state index < -0.39 is 5.97 Å². The SMILES string of the molecule is O=C(O)c1ccc(-c2ccc(-c3cc4c(Cl)ccc(Cl)c4o3)[nH]2)s1. The third-order valence-corrected chi connectivity index (χ3v) is 5.35. The van der Waals surface area contributed by atoms with Crippen LogP contribution in [0.15, 0.2) is 46.9 Å². The first kappa shape index (κ1) is 15.3. The summed E-state index contributed by atoms with van der Waals surface area (Å²) in [6.07, 6.45) is 0. The van der Waals surface area contributed by atoms with Crippen LogP contribution in [0.4, 0.5) is 0 Å².